The van der Waals surface area contributed by atoms with Gasteiger partial charge in [-0.15, -0.1) is 0 Å². The van der Waals surface area contributed by atoms with Crippen molar-refractivity contribution in [1.82, 2.24) is 10.3 Å². The number of nitrogens with one attached hydrogen (secondary N) is 1. The summed E-state index contributed by atoms with van der Waals surface area (Å²) in [5, 5.41) is 3.15. The molecule has 1 N–H and O–H groups in total. The molecule has 2 saturated carbocycles. The number of hydrogen-bond donors (Lipinski definition) is 1. The summed E-state index contributed by atoms with van der Waals surface area (Å²) in [5.41, 5.74) is 1.05. The summed E-state index contributed by atoms with van der Waals surface area (Å²) >= 11 is 0. The van der Waals surface area contributed by atoms with Crippen molar-refractivity contribution in [2.75, 3.05) is 6.54 Å². The Kier molecular flexibility index (Phi) is 4.89. The van der Waals surface area contributed by atoms with E-state index in [-0.39, 0.29) is 5.92 Å². The molecule has 1 aromatic rings. The van der Waals surface area contributed by atoms with Gasteiger partial charge in [0.1, 0.15) is 0 Å². The summed E-state index contributed by atoms with van der Waals surface area (Å²) < 4.78 is 0. The minimum atomic E-state index is 0.271. The van der Waals surface area contributed by atoms with E-state index >= 15 is 0 Å². The molecule has 1 aromatic heterocycles. The van der Waals surface area contributed by atoms with Gasteiger partial charge >= 0.3 is 0 Å². The fraction of sp³-hybridized carbons (Fsp3) is 0.667. The van der Waals surface area contributed by atoms with Crippen molar-refractivity contribution < 1.29 is 4.79 Å². The second kappa shape index (κ2) is 7.06. The molecule has 0 bridgehead atoms. The first-order valence-electron chi connectivity index (χ1n) is 8.52. The fourth-order valence-electron chi connectivity index (χ4n) is 4.25. The SMILES string of the molecule is O=C(NCCc1ccccn1)[C@@H]1CCC[C@@H]2CCCC[C@@H]21. The molecule has 1 heterocycles. The van der Waals surface area contributed by atoms with Crippen LogP contribution < -0.4 is 5.32 Å². The molecule has 21 heavy (non-hydrogen) atoms. The van der Waals surface area contributed by atoms with Crippen LogP contribution in [0.3, 0.4) is 0 Å². The Bertz CT molecular complexity index is 458. The van der Waals surface area contributed by atoms with Crippen molar-refractivity contribution in [2.24, 2.45) is 17.8 Å². The largest absolute Gasteiger partial charge is 0.355 e. The summed E-state index contributed by atoms with van der Waals surface area (Å²) in [6.07, 6.45) is 11.6. The van der Waals surface area contributed by atoms with Gasteiger partial charge in [0, 0.05) is 30.8 Å². The Hall–Kier alpha value is -1.38. The van der Waals surface area contributed by atoms with E-state index in [0.717, 1.165) is 24.5 Å². The van der Waals surface area contributed by atoms with Crippen molar-refractivity contribution in [3.63, 3.8) is 0 Å². The van der Waals surface area contributed by atoms with Crippen LogP contribution in [-0.4, -0.2) is 17.4 Å². The zero-order chi connectivity index (χ0) is 14.5. The molecular weight excluding hydrogens is 260 g/mol. The summed E-state index contributed by atoms with van der Waals surface area (Å²) in [7, 11) is 0. The second-order valence-corrected chi connectivity index (χ2v) is 6.61. The number of amides is 1. The molecule has 0 radical (unpaired) electrons. The molecule has 0 aliphatic heterocycles. The zero-order valence-electron chi connectivity index (χ0n) is 12.8. The van der Waals surface area contributed by atoms with E-state index in [1.165, 1.54) is 38.5 Å². The lowest BCUT2D eigenvalue weighted by atomic mass is 9.65. The predicted octanol–water partition coefficient (Wildman–Crippen LogP) is 3.35. The summed E-state index contributed by atoms with van der Waals surface area (Å²) in [5.74, 6) is 2.04. The number of pyridine rings is 1. The van der Waals surface area contributed by atoms with E-state index in [0.29, 0.717) is 18.4 Å². The average molecular weight is 286 g/mol. The molecule has 2 aliphatic carbocycles. The summed E-state index contributed by atoms with van der Waals surface area (Å²) in [4.78, 5) is 16.8. The first kappa shape index (κ1) is 14.6. The second-order valence-electron chi connectivity index (χ2n) is 6.61. The van der Waals surface area contributed by atoms with Crippen LogP contribution in [0, 0.1) is 17.8 Å². The third kappa shape index (κ3) is 3.63. The van der Waals surface area contributed by atoms with Gasteiger partial charge in [0.2, 0.25) is 5.91 Å². The van der Waals surface area contributed by atoms with Gasteiger partial charge in [-0.05, 0) is 36.8 Å². The number of carbonyl (C=O) groups is 1. The van der Waals surface area contributed by atoms with E-state index in [9.17, 15) is 4.79 Å². The Morgan fingerprint density at radius 2 is 2.00 bits per heavy atom. The maximum Gasteiger partial charge on any atom is 0.223 e. The molecule has 3 rings (SSSR count). The number of nitrogens with zero attached hydrogens (tertiary/aromatic N) is 1. The smallest absolute Gasteiger partial charge is 0.223 e. The van der Waals surface area contributed by atoms with E-state index in [4.69, 9.17) is 0 Å². The zero-order valence-corrected chi connectivity index (χ0v) is 12.8. The van der Waals surface area contributed by atoms with Crippen LogP contribution in [0.1, 0.15) is 50.6 Å². The molecule has 2 fully saturated rings. The number of fused-ring (bicyclic) bond motifs is 1. The minimum Gasteiger partial charge on any atom is -0.355 e. The molecule has 0 saturated heterocycles. The lowest BCUT2D eigenvalue weighted by molar-refractivity contribution is -0.129. The highest BCUT2D eigenvalue weighted by molar-refractivity contribution is 5.79. The van der Waals surface area contributed by atoms with Crippen molar-refractivity contribution in [2.45, 2.75) is 51.4 Å². The van der Waals surface area contributed by atoms with Gasteiger partial charge < -0.3 is 5.32 Å². The summed E-state index contributed by atoms with van der Waals surface area (Å²) in [6, 6.07) is 5.94. The van der Waals surface area contributed by atoms with Crippen LogP contribution in [0.4, 0.5) is 0 Å². The van der Waals surface area contributed by atoms with Crippen LogP contribution in [0.2, 0.25) is 0 Å². The van der Waals surface area contributed by atoms with Crippen LogP contribution in [0.5, 0.6) is 0 Å². The van der Waals surface area contributed by atoms with Gasteiger partial charge in [-0.25, -0.2) is 0 Å². The van der Waals surface area contributed by atoms with Crippen molar-refractivity contribution >= 4 is 5.91 Å². The van der Waals surface area contributed by atoms with Crippen molar-refractivity contribution in [3.05, 3.63) is 30.1 Å². The lowest BCUT2D eigenvalue weighted by Gasteiger charge is -2.40. The molecule has 0 unspecified atom stereocenters. The number of aromatic nitrogens is 1. The van der Waals surface area contributed by atoms with Crippen LogP contribution in [0.25, 0.3) is 0 Å². The van der Waals surface area contributed by atoms with Gasteiger partial charge in [0.25, 0.3) is 0 Å². The Balaban J connectivity index is 1.50. The number of hydrogen-bond acceptors (Lipinski definition) is 2. The third-order valence-electron chi connectivity index (χ3n) is 5.32. The van der Waals surface area contributed by atoms with E-state index in [1.807, 2.05) is 24.4 Å². The van der Waals surface area contributed by atoms with E-state index in [2.05, 4.69) is 10.3 Å². The lowest BCUT2D eigenvalue weighted by Crippen LogP contribution is -2.41. The number of rotatable bonds is 4. The third-order valence-corrected chi connectivity index (χ3v) is 5.32. The van der Waals surface area contributed by atoms with E-state index < -0.39 is 0 Å². The van der Waals surface area contributed by atoms with Crippen LogP contribution in [0.15, 0.2) is 24.4 Å². The summed E-state index contributed by atoms with van der Waals surface area (Å²) in [6.45, 7) is 0.712. The molecule has 1 amide bonds. The highest BCUT2D eigenvalue weighted by atomic mass is 16.1. The Morgan fingerprint density at radius 3 is 2.86 bits per heavy atom. The minimum absolute atomic E-state index is 0.271. The van der Waals surface area contributed by atoms with Crippen LogP contribution >= 0.6 is 0 Å². The monoisotopic (exact) mass is 286 g/mol. The standard InChI is InChI=1S/C18H26N2O/c21-18(20-13-11-15-8-3-4-12-19-15)17-10-5-7-14-6-1-2-9-16(14)17/h3-4,8,12,14,16-17H,1-2,5-7,9-11,13H2,(H,20,21)/t14-,16-,17+/m0/s1. The fourth-order valence-corrected chi connectivity index (χ4v) is 4.25. The molecule has 114 valence electrons. The Morgan fingerprint density at radius 1 is 1.14 bits per heavy atom. The molecule has 2 aliphatic rings. The normalized spacial score (nSPS) is 28.7. The average Bonchev–Trinajstić information content (AvgIpc) is 2.55. The molecule has 3 nitrogen and oxygen atoms in total. The maximum absolute atomic E-state index is 12.5. The van der Waals surface area contributed by atoms with Crippen molar-refractivity contribution in [1.29, 1.82) is 0 Å². The van der Waals surface area contributed by atoms with Crippen LogP contribution in [-0.2, 0) is 11.2 Å². The molecule has 0 aromatic carbocycles. The topological polar surface area (TPSA) is 42.0 Å². The molecule has 0 spiro atoms. The van der Waals surface area contributed by atoms with E-state index in [1.54, 1.807) is 0 Å². The molecular formula is C18H26N2O. The molecule has 3 atom stereocenters. The molecule has 3 heteroatoms. The van der Waals surface area contributed by atoms with Gasteiger partial charge in [-0.3, -0.25) is 9.78 Å². The maximum atomic E-state index is 12.5. The first-order chi connectivity index (χ1) is 10.3. The predicted molar refractivity (Wildman–Crippen MR) is 83.7 cm³/mol. The Labute approximate surface area is 127 Å². The highest BCUT2D eigenvalue weighted by Gasteiger charge is 2.38. The van der Waals surface area contributed by atoms with Gasteiger partial charge in [-0.2, -0.15) is 0 Å². The van der Waals surface area contributed by atoms with Gasteiger partial charge in [0.05, 0.1) is 0 Å². The van der Waals surface area contributed by atoms with Gasteiger partial charge in [0.15, 0.2) is 0 Å². The first-order valence-corrected chi connectivity index (χ1v) is 8.52. The highest BCUT2D eigenvalue weighted by Crippen LogP contribution is 2.43. The number of carbonyl (C=O) groups excluding carboxylic acids is 1. The van der Waals surface area contributed by atoms with Gasteiger partial charge in [-0.1, -0.05) is 38.2 Å². The van der Waals surface area contributed by atoms with Crippen molar-refractivity contribution in [3.8, 4) is 0 Å². The quantitative estimate of drug-likeness (QED) is 0.922.